The minimum atomic E-state index is 0.197. The second kappa shape index (κ2) is 7.68. The molecule has 2 aromatic rings. The van der Waals surface area contributed by atoms with E-state index < -0.39 is 0 Å². The van der Waals surface area contributed by atoms with E-state index in [0.717, 1.165) is 30.6 Å². The van der Waals surface area contributed by atoms with Crippen LogP contribution in [0.5, 0.6) is 5.88 Å². The number of hydrogen-bond acceptors (Lipinski definition) is 3. The highest BCUT2D eigenvalue weighted by Crippen LogP contribution is 2.26. The molecule has 1 aliphatic carbocycles. The monoisotopic (exact) mass is 337 g/mol. The first-order chi connectivity index (χ1) is 12.0. The summed E-state index contributed by atoms with van der Waals surface area (Å²) in [5.74, 6) is 0.693. The largest absolute Gasteiger partial charge is 0.474 e. The van der Waals surface area contributed by atoms with Gasteiger partial charge in [0.25, 0.3) is 0 Å². The van der Waals surface area contributed by atoms with Crippen molar-refractivity contribution in [3.8, 4) is 5.88 Å². The zero-order valence-electron chi connectivity index (χ0n) is 15.6. The molecule has 25 heavy (non-hydrogen) atoms. The lowest BCUT2D eigenvalue weighted by atomic mass is 9.90. The summed E-state index contributed by atoms with van der Waals surface area (Å²) in [6.07, 6.45) is 5.12. The van der Waals surface area contributed by atoms with Gasteiger partial charge in [-0.05, 0) is 50.8 Å². The Hall–Kier alpha value is -2.36. The van der Waals surface area contributed by atoms with Crippen molar-refractivity contribution in [3.63, 3.8) is 0 Å². The fourth-order valence-electron chi connectivity index (χ4n) is 2.96. The van der Waals surface area contributed by atoms with E-state index in [4.69, 9.17) is 4.74 Å². The molecule has 132 valence electrons. The summed E-state index contributed by atoms with van der Waals surface area (Å²) in [4.78, 5) is 11.2. The number of aliphatic imine (C=N–C) groups is 1. The first-order valence-corrected chi connectivity index (χ1v) is 9.00. The number of rotatable bonds is 5. The Kier molecular flexibility index (Phi) is 5.37. The van der Waals surface area contributed by atoms with Crippen molar-refractivity contribution in [2.24, 2.45) is 4.99 Å². The van der Waals surface area contributed by atoms with Gasteiger partial charge in [-0.25, -0.2) is 9.98 Å². The number of fused-ring (bicyclic) bond motifs is 1. The maximum absolute atomic E-state index is 6.14. The molecular weight excluding hydrogens is 310 g/mol. The van der Waals surface area contributed by atoms with E-state index >= 15 is 0 Å². The highest BCUT2D eigenvalue weighted by atomic mass is 16.5. The number of aromatic nitrogens is 1. The zero-order valence-corrected chi connectivity index (χ0v) is 15.6. The van der Waals surface area contributed by atoms with Crippen molar-refractivity contribution in [2.45, 2.75) is 52.2 Å². The standard InChI is InChI=1S/C21H27N3O/c1-15(2)24(4)14-22-20-11-12-21(23-16(20)3)25-19-10-9-17-7-5-6-8-18(17)13-19/h5-8,11-12,14-15,19H,9-10,13H2,1-4H3. The molecule has 1 heterocycles. The van der Waals surface area contributed by atoms with E-state index in [0.29, 0.717) is 11.9 Å². The highest BCUT2D eigenvalue weighted by Gasteiger charge is 2.20. The molecule has 0 spiro atoms. The summed E-state index contributed by atoms with van der Waals surface area (Å²) in [7, 11) is 2.02. The van der Waals surface area contributed by atoms with Crippen LogP contribution in [-0.4, -0.2) is 35.4 Å². The van der Waals surface area contributed by atoms with Gasteiger partial charge in [-0.3, -0.25) is 0 Å². The van der Waals surface area contributed by atoms with Crippen molar-refractivity contribution in [2.75, 3.05) is 7.05 Å². The van der Waals surface area contributed by atoms with E-state index in [-0.39, 0.29) is 6.10 Å². The van der Waals surface area contributed by atoms with Crippen LogP contribution in [0.25, 0.3) is 0 Å². The number of hydrogen-bond donors (Lipinski definition) is 0. The molecule has 0 radical (unpaired) electrons. The summed E-state index contributed by atoms with van der Waals surface area (Å²) in [6, 6.07) is 13.0. The van der Waals surface area contributed by atoms with Crippen LogP contribution in [0.2, 0.25) is 0 Å². The molecule has 0 N–H and O–H groups in total. The number of aryl methyl sites for hydroxylation is 2. The summed E-state index contributed by atoms with van der Waals surface area (Å²) >= 11 is 0. The van der Waals surface area contributed by atoms with Crippen LogP contribution in [-0.2, 0) is 12.8 Å². The average molecular weight is 337 g/mol. The maximum Gasteiger partial charge on any atom is 0.213 e. The van der Waals surface area contributed by atoms with Crippen molar-refractivity contribution >= 4 is 12.0 Å². The van der Waals surface area contributed by atoms with E-state index in [9.17, 15) is 0 Å². The van der Waals surface area contributed by atoms with Gasteiger partial charge in [-0.1, -0.05) is 24.3 Å². The number of benzene rings is 1. The van der Waals surface area contributed by atoms with Crippen LogP contribution in [0.1, 0.15) is 37.1 Å². The summed E-state index contributed by atoms with van der Waals surface area (Å²) in [5.41, 5.74) is 4.62. The van der Waals surface area contributed by atoms with Crippen molar-refractivity contribution < 1.29 is 4.74 Å². The fourth-order valence-corrected chi connectivity index (χ4v) is 2.96. The molecule has 0 bridgehead atoms. The third kappa shape index (κ3) is 4.38. The third-order valence-electron chi connectivity index (χ3n) is 4.81. The molecular formula is C21H27N3O. The molecule has 1 atom stereocenters. The SMILES string of the molecule is Cc1nc(OC2CCc3ccccc3C2)ccc1N=CN(C)C(C)C. The maximum atomic E-state index is 6.14. The van der Waals surface area contributed by atoms with Crippen molar-refractivity contribution in [1.29, 1.82) is 0 Å². The summed E-state index contributed by atoms with van der Waals surface area (Å²) in [5, 5.41) is 0. The molecule has 0 amide bonds. The second-order valence-corrected chi connectivity index (χ2v) is 7.01. The van der Waals surface area contributed by atoms with Gasteiger partial charge in [-0.2, -0.15) is 0 Å². The molecule has 0 fully saturated rings. The third-order valence-corrected chi connectivity index (χ3v) is 4.81. The summed E-state index contributed by atoms with van der Waals surface area (Å²) in [6.45, 7) is 6.25. The van der Waals surface area contributed by atoms with Crippen LogP contribution in [0.4, 0.5) is 5.69 Å². The topological polar surface area (TPSA) is 37.7 Å². The van der Waals surface area contributed by atoms with Gasteiger partial charge in [0, 0.05) is 25.6 Å². The summed E-state index contributed by atoms with van der Waals surface area (Å²) < 4.78 is 6.14. The molecule has 1 aliphatic rings. The number of nitrogens with zero attached hydrogens (tertiary/aromatic N) is 3. The second-order valence-electron chi connectivity index (χ2n) is 7.01. The molecule has 3 rings (SSSR count). The Labute approximate surface area is 150 Å². The van der Waals surface area contributed by atoms with Crippen LogP contribution in [0.3, 0.4) is 0 Å². The van der Waals surface area contributed by atoms with Gasteiger partial charge in [0.2, 0.25) is 5.88 Å². The van der Waals surface area contributed by atoms with E-state index in [1.807, 2.05) is 32.4 Å². The van der Waals surface area contributed by atoms with Crippen molar-refractivity contribution in [1.82, 2.24) is 9.88 Å². The molecule has 0 saturated carbocycles. The molecule has 0 saturated heterocycles. The van der Waals surface area contributed by atoms with Crippen LogP contribution in [0, 0.1) is 6.92 Å². The zero-order chi connectivity index (χ0) is 17.8. The lowest BCUT2D eigenvalue weighted by Crippen LogP contribution is -2.25. The van der Waals surface area contributed by atoms with Gasteiger partial charge in [0.15, 0.2) is 0 Å². The normalized spacial score (nSPS) is 16.9. The lowest BCUT2D eigenvalue weighted by Gasteiger charge is -2.25. The van der Waals surface area contributed by atoms with Gasteiger partial charge in [0.05, 0.1) is 17.7 Å². The van der Waals surface area contributed by atoms with E-state index in [2.05, 4.69) is 53.0 Å². The predicted octanol–water partition coefficient (Wildman–Crippen LogP) is 4.33. The number of pyridine rings is 1. The smallest absolute Gasteiger partial charge is 0.213 e. The first kappa shape index (κ1) is 17.5. The van der Waals surface area contributed by atoms with Crippen LogP contribution < -0.4 is 4.74 Å². The molecule has 0 aliphatic heterocycles. The first-order valence-electron chi connectivity index (χ1n) is 9.00. The Bertz CT molecular complexity index is 755. The predicted molar refractivity (Wildman–Crippen MR) is 103 cm³/mol. The lowest BCUT2D eigenvalue weighted by molar-refractivity contribution is 0.177. The Morgan fingerprint density at radius 2 is 1.96 bits per heavy atom. The molecule has 1 aromatic heterocycles. The van der Waals surface area contributed by atoms with E-state index in [1.165, 1.54) is 11.1 Å². The minimum absolute atomic E-state index is 0.197. The molecule has 4 heteroatoms. The van der Waals surface area contributed by atoms with Gasteiger partial charge < -0.3 is 9.64 Å². The number of ether oxygens (including phenoxy) is 1. The van der Waals surface area contributed by atoms with Crippen LogP contribution in [0.15, 0.2) is 41.4 Å². The quantitative estimate of drug-likeness (QED) is 0.602. The molecule has 1 unspecified atom stereocenters. The Morgan fingerprint density at radius 1 is 1.20 bits per heavy atom. The molecule has 1 aromatic carbocycles. The van der Waals surface area contributed by atoms with Crippen molar-refractivity contribution in [3.05, 3.63) is 53.2 Å². The fraction of sp³-hybridized carbons (Fsp3) is 0.429. The Balaban J connectivity index is 1.66. The van der Waals surface area contributed by atoms with Gasteiger partial charge >= 0.3 is 0 Å². The van der Waals surface area contributed by atoms with Gasteiger partial charge in [-0.15, -0.1) is 0 Å². The minimum Gasteiger partial charge on any atom is -0.474 e. The molecule has 4 nitrogen and oxygen atoms in total. The van der Waals surface area contributed by atoms with Crippen LogP contribution >= 0.6 is 0 Å². The Morgan fingerprint density at radius 3 is 2.68 bits per heavy atom. The highest BCUT2D eigenvalue weighted by molar-refractivity contribution is 5.62. The average Bonchev–Trinajstić information content (AvgIpc) is 2.60. The van der Waals surface area contributed by atoms with Gasteiger partial charge in [0.1, 0.15) is 6.10 Å². The van der Waals surface area contributed by atoms with E-state index in [1.54, 1.807) is 0 Å².